The van der Waals surface area contributed by atoms with Crippen molar-refractivity contribution in [3.63, 3.8) is 0 Å². The molecule has 2 nitrogen and oxygen atoms in total. The Balaban J connectivity index is 2.20. The molecule has 0 N–H and O–H groups in total. The zero-order valence-electron chi connectivity index (χ0n) is 11.2. The Bertz CT molecular complexity index is 439. The van der Waals surface area contributed by atoms with E-state index in [2.05, 4.69) is 36.8 Å². The van der Waals surface area contributed by atoms with Crippen LogP contribution in [0.1, 0.15) is 41.6 Å². The number of carbonyl (C=O) groups excluding carboxylic acids is 1. The molecule has 1 aromatic rings. The van der Waals surface area contributed by atoms with Crippen LogP contribution in [0.5, 0.6) is 0 Å². The number of benzene rings is 1. The van der Waals surface area contributed by atoms with Crippen LogP contribution < -0.4 is 0 Å². The molecule has 1 unspecified atom stereocenters. The van der Waals surface area contributed by atoms with Crippen LogP contribution >= 0.6 is 31.9 Å². The number of aryl methyl sites for hydroxylation is 1. The van der Waals surface area contributed by atoms with E-state index in [4.69, 9.17) is 0 Å². The van der Waals surface area contributed by atoms with Crippen LogP contribution in [0.2, 0.25) is 0 Å². The zero-order chi connectivity index (χ0) is 13.8. The number of rotatable bonds is 3. The van der Waals surface area contributed by atoms with Gasteiger partial charge in [0, 0.05) is 28.0 Å². The first kappa shape index (κ1) is 15.0. The van der Waals surface area contributed by atoms with E-state index in [0.29, 0.717) is 6.04 Å². The second-order valence-corrected chi connectivity index (χ2v) is 6.85. The van der Waals surface area contributed by atoms with Crippen molar-refractivity contribution in [1.82, 2.24) is 4.90 Å². The number of amides is 1. The van der Waals surface area contributed by atoms with E-state index < -0.39 is 0 Å². The molecule has 1 saturated heterocycles. The summed E-state index contributed by atoms with van der Waals surface area (Å²) in [5, 5.41) is 0.957. The normalized spacial score (nSPS) is 19.5. The van der Waals surface area contributed by atoms with Gasteiger partial charge >= 0.3 is 0 Å². The molecule has 0 spiro atoms. The predicted octanol–water partition coefficient (Wildman–Crippen LogP) is 4.54. The number of piperidine rings is 1. The Hall–Kier alpha value is -0.350. The van der Waals surface area contributed by atoms with Gasteiger partial charge in [0.2, 0.25) is 0 Å². The maximum absolute atomic E-state index is 12.7. The lowest BCUT2D eigenvalue weighted by Gasteiger charge is -2.35. The average molecular weight is 389 g/mol. The summed E-state index contributed by atoms with van der Waals surface area (Å²) in [7, 11) is 0. The third-order valence-corrected chi connectivity index (χ3v) is 4.54. The van der Waals surface area contributed by atoms with Gasteiger partial charge in [-0.2, -0.15) is 0 Å². The number of carbonyl (C=O) groups is 1. The van der Waals surface area contributed by atoms with Gasteiger partial charge in [0.1, 0.15) is 0 Å². The number of alkyl halides is 1. The van der Waals surface area contributed by atoms with Crippen LogP contribution in [0.4, 0.5) is 0 Å². The number of likely N-dealkylation sites (tertiary alicyclic amines) is 1. The lowest BCUT2D eigenvalue weighted by Crippen LogP contribution is -2.44. The molecule has 1 aliphatic rings. The third kappa shape index (κ3) is 3.82. The second kappa shape index (κ2) is 6.89. The highest BCUT2D eigenvalue weighted by Crippen LogP contribution is 2.24. The smallest absolute Gasteiger partial charge is 0.254 e. The Morgan fingerprint density at radius 1 is 1.37 bits per heavy atom. The van der Waals surface area contributed by atoms with Gasteiger partial charge in [-0.05, 0) is 56.4 Å². The second-order valence-electron chi connectivity index (χ2n) is 5.14. The van der Waals surface area contributed by atoms with Crippen LogP contribution in [-0.2, 0) is 0 Å². The van der Waals surface area contributed by atoms with Crippen LogP contribution in [0.3, 0.4) is 0 Å². The van der Waals surface area contributed by atoms with Crippen molar-refractivity contribution < 1.29 is 4.79 Å². The molecule has 0 saturated carbocycles. The first-order valence-corrected chi connectivity index (χ1v) is 8.67. The van der Waals surface area contributed by atoms with E-state index in [9.17, 15) is 4.79 Å². The Labute approximate surface area is 131 Å². The van der Waals surface area contributed by atoms with Gasteiger partial charge in [-0.3, -0.25) is 4.79 Å². The topological polar surface area (TPSA) is 20.3 Å². The monoisotopic (exact) mass is 387 g/mol. The molecule has 1 heterocycles. The maximum Gasteiger partial charge on any atom is 0.254 e. The fourth-order valence-electron chi connectivity index (χ4n) is 2.72. The molecule has 0 aromatic heterocycles. The van der Waals surface area contributed by atoms with Gasteiger partial charge in [0.05, 0.1) is 0 Å². The van der Waals surface area contributed by atoms with E-state index >= 15 is 0 Å². The van der Waals surface area contributed by atoms with Crippen molar-refractivity contribution in [1.29, 1.82) is 0 Å². The minimum absolute atomic E-state index is 0.176. The highest BCUT2D eigenvalue weighted by molar-refractivity contribution is 9.10. The lowest BCUT2D eigenvalue weighted by molar-refractivity contribution is 0.0610. The molecule has 1 fully saturated rings. The summed E-state index contributed by atoms with van der Waals surface area (Å²) in [5.74, 6) is 0.176. The molecular formula is C15H19Br2NO. The summed E-state index contributed by atoms with van der Waals surface area (Å²) in [5.41, 5.74) is 1.92. The predicted molar refractivity (Wildman–Crippen MR) is 86.0 cm³/mol. The fourth-order valence-corrected chi connectivity index (χ4v) is 3.86. The van der Waals surface area contributed by atoms with Gasteiger partial charge in [0.15, 0.2) is 0 Å². The Kier molecular flexibility index (Phi) is 5.46. The van der Waals surface area contributed by atoms with Crippen molar-refractivity contribution >= 4 is 37.8 Å². The fraction of sp³-hybridized carbons (Fsp3) is 0.533. The highest BCUT2D eigenvalue weighted by Gasteiger charge is 2.27. The van der Waals surface area contributed by atoms with Crippen LogP contribution in [-0.4, -0.2) is 28.7 Å². The molecule has 1 aliphatic heterocycles. The summed E-state index contributed by atoms with van der Waals surface area (Å²) in [6, 6.07) is 6.32. The van der Waals surface area contributed by atoms with Gasteiger partial charge < -0.3 is 4.90 Å². The molecular weight excluding hydrogens is 370 g/mol. The van der Waals surface area contributed by atoms with Gasteiger partial charge in [-0.15, -0.1) is 0 Å². The minimum Gasteiger partial charge on any atom is -0.336 e. The van der Waals surface area contributed by atoms with Gasteiger partial charge in [-0.25, -0.2) is 0 Å². The molecule has 0 aliphatic carbocycles. The van der Waals surface area contributed by atoms with E-state index in [1.54, 1.807) is 0 Å². The van der Waals surface area contributed by atoms with E-state index in [1.807, 2.05) is 25.1 Å². The SMILES string of the molecule is Cc1cc(Br)cc(C(=O)N2CCCCC2CCBr)c1. The molecule has 1 aromatic carbocycles. The minimum atomic E-state index is 0.176. The van der Waals surface area contributed by atoms with Gasteiger partial charge in [-0.1, -0.05) is 31.9 Å². The van der Waals surface area contributed by atoms with Crippen molar-refractivity contribution in [3.8, 4) is 0 Å². The zero-order valence-corrected chi connectivity index (χ0v) is 14.3. The Morgan fingerprint density at radius 3 is 2.84 bits per heavy atom. The first-order chi connectivity index (χ1) is 9.11. The summed E-state index contributed by atoms with van der Waals surface area (Å²) in [6.45, 7) is 2.91. The quantitative estimate of drug-likeness (QED) is 0.696. The summed E-state index contributed by atoms with van der Waals surface area (Å²) in [4.78, 5) is 14.7. The third-order valence-electron chi connectivity index (χ3n) is 3.62. The average Bonchev–Trinajstić information content (AvgIpc) is 2.38. The van der Waals surface area contributed by atoms with E-state index in [0.717, 1.165) is 46.7 Å². The summed E-state index contributed by atoms with van der Waals surface area (Å²) < 4.78 is 0.977. The molecule has 104 valence electrons. The molecule has 2 rings (SSSR count). The molecule has 0 radical (unpaired) electrons. The lowest BCUT2D eigenvalue weighted by atomic mass is 9.98. The van der Waals surface area contributed by atoms with Crippen LogP contribution in [0, 0.1) is 6.92 Å². The Morgan fingerprint density at radius 2 is 2.16 bits per heavy atom. The van der Waals surface area contributed by atoms with Crippen molar-refractivity contribution in [2.24, 2.45) is 0 Å². The number of hydrogen-bond acceptors (Lipinski definition) is 1. The van der Waals surface area contributed by atoms with E-state index in [-0.39, 0.29) is 5.91 Å². The van der Waals surface area contributed by atoms with Gasteiger partial charge in [0.25, 0.3) is 5.91 Å². The standard InChI is InChI=1S/C15H19Br2NO/c1-11-8-12(10-13(17)9-11)15(19)18-7-3-2-4-14(18)5-6-16/h8-10,14H,2-7H2,1H3. The largest absolute Gasteiger partial charge is 0.336 e. The summed E-state index contributed by atoms with van der Waals surface area (Å²) in [6.07, 6.45) is 4.53. The molecule has 0 bridgehead atoms. The number of halogens is 2. The first-order valence-electron chi connectivity index (χ1n) is 6.76. The summed E-state index contributed by atoms with van der Waals surface area (Å²) >= 11 is 6.97. The number of nitrogens with zero attached hydrogens (tertiary/aromatic N) is 1. The van der Waals surface area contributed by atoms with E-state index in [1.165, 1.54) is 6.42 Å². The molecule has 4 heteroatoms. The van der Waals surface area contributed by atoms with Crippen molar-refractivity contribution in [2.75, 3.05) is 11.9 Å². The molecule has 1 atom stereocenters. The van der Waals surface area contributed by atoms with Crippen LogP contribution in [0.15, 0.2) is 22.7 Å². The maximum atomic E-state index is 12.7. The van der Waals surface area contributed by atoms with Crippen LogP contribution in [0.25, 0.3) is 0 Å². The number of hydrogen-bond donors (Lipinski definition) is 0. The molecule has 19 heavy (non-hydrogen) atoms. The highest BCUT2D eigenvalue weighted by atomic mass is 79.9. The van der Waals surface area contributed by atoms with Crippen molar-refractivity contribution in [2.45, 2.75) is 38.6 Å². The molecule has 1 amide bonds. The van der Waals surface area contributed by atoms with Crippen molar-refractivity contribution in [3.05, 3.63) is 33.8 Å².